The highest BCUT2D eigenvalue weighted by Gasteiger charge is 2.19. The lowest BCUT2D eigenvalue weighted by molar-refractivity contribution is -0.125. The van der Waals surface area contributed by atoms with Gasteiger partial charge in [0.15, 0.2) is 11.5 Å². The molecular weight excluding hydrogens is 392 g/mol. The Morgan fingerprint density at radius 3 is 2.88 bits per heavy atom. The van der Waals surface area contributed by atoms with Gasteiger partial charge in [-0.15, -0.1) is 11.3 Å². The van der Waals surface area contributed by atoms with Crippen molar-refractivity contribution in [2.24, 2.45) is 0 Å². The monoisotopic (exact) mass is 410 g/mol. The van der Waals surface area contributed by atoms with Gasteiger partial charge in [0.2, 0.25) is 12.7 Å². The molecule has 5 nitrogen and oxygen atoms in total. The number of carbonyl (C=O) groups excluding carboxylic acids is 1. The Labute approximate surface area is 153 Å². The summed E-state index contributed by atoms with van der Waals surface area (Å²) >= 11 is 5.15. The van der Waals surface area contributed by atoms with Crippen LogP contribution in [0.4, 0.5) is 0 Å². The van der Waals surface area contributed by atoms with Crippen molar-refractivity contribution in [3.8, 4) is 11.5 Å². The molecule has 1 aromatic carbocycles. The zero-order chi connectivity index (χ0) is 17.1. The fraction of sp³-hybridized carbons (Fsp3) is 0.353. The van der Waals surface area contributed by atoms with E-state index in [0.717, 1.165) is 27.4 Å². The van der Waals surface area contributed by atoms with E-state index in [9.17, 15) is 4.79 Å². The summed E-state index contributed by atoms with van der Waals surface area (Å²) in [5, 5.41) is 2.98. The highest BCUT2D eigenvalue weighted by molar-refractivity contribution is 9.11. The van der Waals surface area contributed by atoms with Crippen molar-refractivity contribution in [3.63, 3.8) is 0 Å². The fourth-order valence-corrected chi connectivity index (χ4v) is 3.95. The Morgan fingerprint density at radius 2 is 2.12 bits per heavy atom. The maximum Gasteiger partial charge on any atom is 0.237 e. The lowest BCUT2D eigenvalue weighted by Crippen LogP contribution is -2.42. The predicted molar refractivity (Wildman–Crippen MR) is 97.4 cm³/mol. The fourth-order valence-electron chi connectivity index (χ4n) is 2.41. The number of carbonyl (C=O) groups is 1. The molecule has 0 fully saturated rings. The summed E-state index contributed by atoms with van der Waals surface area (Å²) in [6, 6.07) is 9.60. The molecule has 128 valence electrons. The SMILES string of the molecule is C[C@@H](C(=O)NCc1ccc2c(c1)OCO2)N(C)Cc1ccc(Br)s1. The van der Waals surface area contributed by atoms with Crippen LogP contribution in [0, 0.1) is 0 Å². The molecule has 0 bridgehead atoms. The largest absolute Gasteiger partial charge is 0.454 e. The first-order valence-electron chi connectivity index (χ1n) is 7.63. The minimum absolute atomic E-state index is 0.00536. The first kappa shape index (κ1) is 17.3. The molecule has 0 aliphatic carbocycles. The number of hydrogen-bond donors (Lipinski definition) is 1. The number of amides is 1. The summed E-state index contributed by atoms with van der Waals surface area (Å²) in [5.41, 5.74) is 0.990. The molecular formula is C17H19BrN2O3S. The van der Waals surface area contributed by atoms with Crippen molar-refractivity contribution in [2.75, 3.05) is 13.8 Å². The quantitative estimate of drug-likeness (QED) is 0.792. The maximum absolute atomic E-state index is 12.4. The van der Waals surface area contributed by atoms with Crippen molar-refractivity contribution in [1.29, 1.82) is 0 Å². The molecule has 1 N–H and O–H groups in total. The van der Waals surface area contributed by atoms with E-state index < -0.39 is 0 Å². The van der Waals surface area contributed by atoms with Crippen LogP contribution in [0.3, 0.4) is 0 Å². The average Bonchev–Trinajstić information content (AvgIpc) is 3.19. The lowest BCUT2D eigenvalue weighted by Gasteiger charge is -2.23. The van der Waals surface area contributed by atoms with Crippen LogP contribution < -0.4 is 14.8 Å². The summed E-state index contributed by atoms with van der Waals surface area (Å²) in [6.07, 6.45) is 0. The second kappa shape index (κ2) is 7.55. The van der Waals surface area contributed by atoms with E-state index in [1.165, 1.54) is 4.88 Å². The van der Waals surface area contributed by atoms with Crippen LogP contribution in [0.2, 0.25) is 0 Å². The van der Waals surface area contributed by atoms with Crippen LogP contribution in [0.25, 0.3) is 0 Å². The normalized spacial score (nSPS) is 14.0. The molecule has 1 aromatic heterocycles. The van der Waals surface area contributed by atoms with Gasteiger partial charge < -0.3 is 14.8 Å². The minimum atomic E-state index is -0.208. The van der Waals surface area contributed by atoms with Crippen LogP contribution in [-0.2, 0) is 17.9 Å². The van der Waals surface area contributed by atoms with E-state index in [-0.39, 0.29) is 18.7 Å². The molecule has 24 heavy (non-hydrogen) atoms. The first-order chi connectivity index (χ1) is 11.5. The van der Waals surface area contributed by atoms with Gasteiger partial charge in [-0.3, -0.25) is 9.69 Å². The summed E-state index contributed by atoms with van der Waals surface area (Å²) < 4.78 is 11.7. The van der Waals surface area contributed by atoms with Crippen molar-refractivity contribution in [2.45, 2.75) is 26.1 Å². The molecule has 2 heterocycles. The Balaban J connectivity index is 1.52. The molecule has 3 rings (SSSR count). The van der Waals surface area contributed by atoms with Crippen molar-refractivity contribution in [1.82, 2.24) is 10.2 Å². The van der Waals surface area contributed by atoms with Gasteiger partial charge in [-0.25, -0.2) is 0 Å². The second-order valence-corrected chi connectivity index (χ2v) is 8.25. The highest BCUT2D eigenvalue weighted by atomic mass is 79.9. The number of fused-ring (bicyclic) bond motifs is 1. The molecule has 7 heteroatoms. The van der Waals surface area contributed by atoms with Gasteiger partial charge >= 0.3 is 0 Å². The van der Waals surface area contributed by atoms with Gasteiger partial charge in [0, 0.05) is 18.0 Å². The van der Waals surface area contributed by atoms with Crippen molar-refractivity contribution < 1.29 is 14.3 Å². The third kappa shape index (κ3) is 4.09. The number of halogens is 1. The number of benzene rings is 1. The molecule has 0 unspecified atom stereocenters. The smallest absolute Gasteiger partial charge is 0.237 e. The van der Waals surface area contributed by atoms with Crippen LogP contribution in [-0.4, -0.2) is 30.7 Å². The molecule has 2 aromatic rings. The van der Waals surface area contributed by atoms with Crippen LogP contribution in [0.15, 0.2) is 34.1 Å². The van der Waals surface area contributed by atoms with E-state index in [2.05, 4.69) is 27.3 Å². The van der Waals surface area contributed by atoms with E-state index in [1.54, 1.807) is 11.3 Å². The molecule has 1 aliphatic heterocycles. The number of nitrogens with zero attached hydrogens (tertiary/aromatic N) is 1. The number of thiophene rings is 1. The number of likely N-dealkylation sites (N-methyl/N-ethyl adjacent to an activating group) is 1. The van der Waals surface area contributed by atoms with Crippen LogP contribution in [0.5, 0.6) is 11.5 Å². The third-order valence-electron chi connectivity index (χ3n) is 3.98. The van der Waals surface area contributed by atoms with E-state index in [1.807, 2.05) is 43.1 Å². The molecule has 0 saturated carbocycles. The number of nitrogens with one attached hydrogen (secondary N) is 1. The summed E-state index contributed by atoms with van der Waals surface area (Å²) in [5.74, 6) is 1.49. The number of ether oxygens (including phenoxy) is 2. The van der Waals surface area contributed by atoms with Crippen molar-refractivity contribution in [3.05, 3.63) is 44.6 Å². The topological polar surface area (TPSA) is 50.8 Å². The van der Waals surface area contributed by atoms with Gasteiger partial charge in [0.1, 0.15) is 0 Å². The number of hydrogen-bond acceptors (Lipinski definition) is 5. The minimum Gasteiger partial charge on any atom is -0.454 e. The molecule has 0 spiro atoms. The summed E-state index contributed by atoms with van der Waals surface area (Å²) in [7, 11) is 1.96. The average molecular weight is 411 g/mol. The zero-order valence-electron chi connectivity index (χ0n) is 13.5. The maximum atomic E-state index is 12.4. The van der Waals surface area contributed by atoms with Crippen molar-refractivity contribution >= 4 is 33.2 Å². The standard InChI is InChI=1S/C17H19BrN2O3S/c1-11(20(2)9-13-4-6-16(18)24-13)17(21)19-8-12-3-5-14-15(7-12)23-10-22-14/h3-7,11H,8-10H2,1-2H3,(H,19,21)/t11-/m0/s1. The number of rotatable bonds is 6. The zero-order valence-corrected chi connectivity index (χ0v) is 15.9. The van der Waals surface area contributed by atoms with Gasteiger partial charge in [0.05, 0.1) is 9.83 Å². The summed E-state index contributed by atoms with van der Waals surface area (Å²) in [6.45, 7) is 3.39. The highest BCUT2D eigenvalue weighted by Crippen LogP contribution is 2.32. The third-order valence-corrected chi connectivity index (χ3v) is 5.59. The van der Waals surface area contributed by atoms with Crippen LogP contribution in [0.1, 0.15) is 17.4 Å². The lowest BCUT2D eigenvalue weighted by atomic mass is 10.2. The van der Waals surface area contributed by atoms with Crippen LogP contribution >= 0.6 is 27.3 Å². The molecule has 1 aliphatic rings. The van der Waals surface area contributed by atoms with Gasteiger partial charge in [0.25, 0.3) is 0 Å². The van der Waals surface area contributed by atoms with Gasteiger partial charge in [-0.2, -0.15) is 0 Å². The predicted octanol–water partition coefficient (Wildman–Crippen LogP) is 3.38. The van der Waals surface area contributed by atoms with E-state index in [4.69, 9.17) is 9.47 Å². The Morgan fingerprint density at radius 1 is 1.33 bits per heavy atom. The second-order valence-electron chi connectivity index (χ2n) is 5.70. The Bertz CT molecular complexity index is 734. The molecule has 0 saturated heterocycles. The Hall–Kier alpha value is -1.57. The summed E-state index contributed by atoms with van der Waals surface area (Å²) in [4.78, 5) is 15.6. The Kier molecular flexibility index (Phi) is 5.43. The molecule has 1 atom stereocenters. The van der Waals surface area contributed by atoms with Gasteiger partial charge in [-0.05, 0) is 59.7 Å². The molecule has 1 amide bonds. The van der Waals surface area contributed by atoms with E-state index >= 15 is 0 Å². The van der Waals surface area contributed by atoms with E-state index in [0.29, 0.717) is 6.54 Å². The first-order valence-corrected chi connectivity index (χ1v) is 9.24. The molecule has 0 radical (unpaired) electrons. The van der Waals surface area contributed by atoms with Gasteiger partial charge in [-0.1, -0.05) is 6.07 Å².